The van der Waals surface area contributed by atoms with Gasteiger partial charge in [-0.3, -0.25) is 0 Å². The minimum absolute atomic E-state index is 0.0152. The lowest BCUT2D eigenvalue weighted by Gasteiger charge is -2.14. The molecule has 0 atom stereocenters. The number of para-hydroxylation sites is 1. The van der Waals surface area contributed by atoms with Crippen LogP contribution in [0.2, 0.25) is 0 Å². The van der Waals surface area contributed by atoms with Crippen molar-refractivity contribution in [1.29, 1.82) is 0 Å². The second-order valence-corrected chi connectivity index (χ2v) is 6.26. The molecule has 0 aliphatic carbocycles. The van der Waals surface area contributed by atoms with Crippen molar-refractivity contribution >= 4 is 17.4 Å². The van der Waals surface area contributed by atoms with Gasteiger partial charge in [-0.1, -0.05) is 12.1 Å². The van der Waals surface area contributed by atoms with Crippen LogP contribution in [0.1, 0.15) is 11.4 Å². The number of hydrogen-bond acceptors (Lipinski definition) is 6. The number of anilines is 2. The summed E-state index contributed by atoms with van der Waals surface area (Å²) in [5.74, 6) is 0.568. The highest BCUT2D eigenvalue weighted by Gasteiger charge is 2.14. The topological polar surface area (TPSA) is 94.6 Å². The number of nitrogens with one attached hydrogen (secondary N) is 2. The van der Waals surface area contributed by atoms with Gasteiger partial charge in [0.05, 0.1) is 31.3 Å². The fourth-order valence-corrected chi connectivity index (χ4v) is 2.69. The van der Waals surface area contributed by atoms with Crippen LogP contribution in [0.4, 0.5) is 20.6 Å². The standard InChI is InChI=1S/C21H21FN4O4/c1-12-19(13(2)24-21(23-12)30-18-8-6-5-7-17(18)22)26-20(27)25-14-9-15(28-3)11-16(10-14)29-4/h5-11H,1-4H3,(H2,25,26,27). The Bertz CT molecular complexity index is 1030. The Labute approximate surface area is 173 Å². The number of carbonyl (C=O) groups excluding carboxylic acids is 1. The SMILES string of the molecule is COc1cc(NC(=O)Nc2c(C)nc(Oc3ccccc3F)nc2C)cc(OC)c1. The molecule has 156 valence electrons. The zero-order valence-electron chi connectivity index (χ0n) is 16.9. The quantitative estimate of drug-likeness (QED) is 0.610. The van der Waals surface area contributed by atoms with E-state index in [-0.39, 0.29) is 11.8 Å². The smallest absolute Gasteiger partial charge is 0.323 e. The van der Waals surface area contributed by atoms with Gasteiger partial charge in [-0.15, -0.1) is 0 Å². The van der Waals surface area contributed by atoms with Crippen LogP contribution in [0.15, 0.2) is 42.5 Å². The zero-order valence-corrected chi connectivity index (χ0v) is 16.9. The van der Waals surface area contributed by atoms with Gasteiger partial charge in [-0.05, 0) is 26.0 Å². The second kappa shape index (κ2) is 9.08. The molecule has 1 heterocycles. The molecule has 8 nitrogen and oxygen atoms in total. The van der Waals surface area contributed by atoms with Crippen LogP contribution in [0.25, 0.3) is 0 Å². The summed E-state index contributed by atoms with van der Waals surface area (Å²) in [5, 5.41) is 5.43. The van der Waals surface area contributed by atoms with E-state index in [1.807, 2.05) is 0 Å². The van der Waals surface area contributed by atoms with Crippen molar-refractivity contribution in [2.75, 3.05) is 24.9 Å². The predicted molar refractivity (Wildman–Crippen MR) is 110 cm³/mol. The third-order valence-electron chi connectivity index (χ3n) is 4.14. The predicted octanol–water partition coefficient (Wildman–Crippen LogP) is 4.69. The lowest BCUT2D eigenvalue weighted by atomic mass is 10.2. The molecule has 2 aromatic carbocycles. The van der Waals surface area contributed by atoms with Gasteiger partial charge < -0.3 is 24.8 Å². The molecule has 0 spiro atoms. The van der Waals surface area contributed by atoms with Gasteiger partial charge in [0.15, 0.2) is 11.6 Å². The third-order valence-corrected chi connectivity index (χ3v) is 4.14. The summed E-state index contributed by atoms with van der Waals surface area (Å²) >= 11 is 0. The van der Waals surface area contributed by atoms with Crippen molar-refractivity contribution in [3.8, 4) is 23.3 Å². The van der Waals surface area contributed by atoms with Crippen molar-refractivity contribution in [1.82, 2.24) is 9.97 Å². The fourth-order valence-electron chi connectivity index (χ4n) is 2.69. The van der Waals surface area contributed by atoms with E-state index in [1.165, 1.54) is 26.4 Å². The van der Waals surface area contributed by atoms with E-state index < -0.39 is 11.8 Å². The van der Waals surface area contributed by atoms with Crippen LogP contribution in [0.5, 0.6) is 23.3 Å². The first-order chi connectivity index (χ1) is 14.4. The van der Waals surface area contributed by atoms with Gasteiger partial charge in [0, 0.05) is 23.9 Å². The van der Waals surface area contributed by atoms with E-state index in [2.05, 4.69) is 20.6 Å². The van der Waals surface area contributed by atoms with Gasteiger partial charge in [-0.2, -0.15) is 9.97 Å². The largest absolute Gasteiger partial charge is 0.497 e. The van der Waals surface area contributed by atoms with Crippen molar-refractivity contribution in [3.05, 3.63) is 59.7 Å². The van der Waals surface area contributed by atoms with Crippen molar-refractivity contribution in [2.24, 2.45) is 0 Å². The maximum absolute atomic E-state index is 13.8. The van der Waals surface area contributed by atoms with E-state index in [1.54, 1.807) is 44.2 Å². The van der Waals surface area contributed by atoms with Crippen LogP contribution in [-0.2, 0) is 0 Å². The minimum atomic E-state index is -0.522. The number of benzene rings is 2. The molecular weight excluding hydrogens is 391 g/mol. The summed E-state index contributed by atoms with van der Waals surface area (Å²) in [4.78, 5) is 20.9. The molecular formula is C21H21FN4O4. The summed E-state index contributed by atoms with van der Waals surface area (Å²) in [6, 6.07) is 10.5. The summed E-state index contributed by atoms with van der Waals surface area (Å²) in [7, 11) is 3.04. The van der Waals surface area contributed by atoms with E-state index >= 15 is 0 Å². The lowest BCUT2D eigenvalue weighted by molar-refractivity contribution is 0.262. The Balaban J connectivity index is 1.75. The van der Waals surface area contributed by atoms with E-state index in [4.69, 9.17) is 14.2 Å². The number of carbonyl (C=O) groups is 1. The molecule has 3 rings (SSSR count). The number of hydrogen-bond donors (Lipinski definition) is 2. The number of rotatable bonds is 6. The van der Waals surface area contributed by atoms with Crippen molar-refractivity contribution in [3.63, 3.8) is 0 Å². The highest BCUT2D eigenvalue weighted by Crippen LogP contribution is 2.27. The van der Waals surface area contributed by atoms with Gasteiger partial charge >= 0.3 is 12.0 Å². The van der Waals surface area contributed by atoms with Gasteiger partial charge in [0.25, 0.3) is 0 Å². The Hall–Kier alpha value is -3.88. The maximum atomic E-state index is 13.8. The monoisotopic (exact) mass is 412 g/mol. The average Bonchev–Trinajstić information content (AvgIpc) is 2.72. The van der Waals surface area contributed by atoms with Gasteiger partial charge in [0.2, 0.25) is 0 Å². The molecule has 2 amide bonds. The van der Waals surface area contributed by atoms with E-state index in [0.29, 0.717) is 34.3 Å². The number of aromatic nitrogens is 2. The number of aryl methyl sites for hydroxylation is 2. The Morgan fingerprint density at radius 3 is 2.10 bits per heavy atom. The fraction of sp³-hybridized carbons (Fsp3) is 0.190. The molecule has 1 aromatic heterocycles. The Morgan fingerprint density at radius 2 is 1.53 bits per heavy atom. The van der Waals surface area contributed by atoms with E-state index in [9.17, 15) is 9.18 Å². The molecule has 0 saturated carbocycles. The first-order valence-corrected chi connectivity index (χ1v) is 8.98. The minimum Gasteiger partial charge on any atom is -0.497 e. The first kappa shape index (κ1) is 20.8. The normalized spacial score (nSPS) is 10.3. The van der Waals surface area contributed by atoms with Crippen LogP contribution in [0, 0.1) is 19.7 Å². The van der Waals surface area contributed by atoms with Crippen LogP contribution in [0.3, 0.4) is 0 Å². The summed E-state index contributed by atoms with van der Waals surface area (Å²) in [5.41, 5.74) is 1.84. The number of halogens is 1. The summed E-state index contributed by atoms with van der Waals surface area (Å²) in [6.45, 7) is 3.38. The zero-order chi connectivity index (χ0) is 21.7. The molecule has 0 bridgehead atoms. The molecule has 0 aliphatic heterocycles. The first-order valence-electron chi connectivity index (χ1n) is 8.98. The molecule has 30 heavy (non-hydrogen) atoms. The molecule has 3 aromatic rings. The third kappa shape index (κ3) is 4.93. The number of nitrogens with zero attached hydrogens (tertiary/aromatic N) is 2. The van der Waals surface area contributed by atoms with Crippen LogP contribution in [-0.4, -0.2) is 30.2 Å². The van der Waals surface area contributed by atoms with Gasteiger partial charge in [0.1, 0.15) is 11.5 Å². The van der Waals surface area contributed by atoms with Crippen molar-refractivity contribution in [2.45, 2.75) is 13.8 Å². The number of methoxy groups -OCH3 is 2. The molecule has 0 saturated heterocycles. The Kier molecular flexibility index (Phi) is 6.31. The molecule has 0 aliphatic rings. The second-order valence-electron chi connectivity index (χ2n) is 6.26. The average molecular weight is 412 g/mol. The Morgan fingerprint density at radius 1 is 0.933 bits per heavy atom. The number of urea groups is 1. The lowest BCUT2D eigenvalue weighted by Crippen LogP contribution is -2.21. The molecule has 0 unspecified atom stereocenters. The van der Waals surface area contributed by atoms with Gasteiger partial charge in [-0.25, -0.2) is 9.18 Å². The number of amides is 2. The van der Waals surface area contributed by atoms with Crippen LogP contribution >= 0.6 is 0 Å². The molecule has 9 heteroatoms. The molecule has 2 N–H and O–H groups in total. The highest BCUT2D eigenvalue weighted by molar-refractivity contribution is 6.00. The van der Waals surface area contributed by atoms with Crippen LogP contribution < -0.4 is 24.8 Å². The maximum Gasteiger partial charge on any atom is 0.323 e. The molecule has 0 fully saturated rings. The molecule has 0 radical (unpaired) electrons. The van der Waals surface area contributed by atoms with Crippen molar-refractivity contribution < 1.29 is 23.4 Å². The van der Waals surface area contributed by atoms with E-state index in [0.717, 1.165) is 0 Å². The number of ether oxygens (including phenoxy) is 3. The highest BCUT2D eigenvalue weighted by atomic mass is 19.1. The summed E-state index contributed by atoms with van der Waals surface area (Å²) < 4.78 is 29.6. The summed E-state index contributed by atoms with van der Waals surface area (Å²) in [6.07, 6.45) is 0.